The molecule has 0 aromatic rings. The van der Waals surface area contributed by atoms with Crippen molar-refractivity contribution in [3.8, 4) is 0 Å². The van der Waals surface area contributed by atoms with Crippen LogP contribution >= 0.6 is 7.82 Å². The fourth-order valence-electron chi connectivity index (χ4n) is 5.34. The number of unbranched alkanes of at least 4 members (excludes halogenated alkanes) is 22. The lowest BCUT2D eigenvalue weighted by molar-refractivity contribution is 0.145. The molecule has 40 heavy (non-hydrogen) atoms. The summed E-state index contributed by atoms with van der Waals surface area (Å²) >= 11 is 0. The van der Waals surface area contributed by atoms with Crippen LogP contribution in [0.2, 0.25) is 0 Å². The molecule has 6 heteroatoms. The van der Waals surface area contributed by atoms with Crippen LogP contribution in [0.4, 0.5) is 0 Å². The Labute approximate surface area is 251 Å². The first kappa shape index (κ1) is 40.1. The van der Waals surface area contributed by atoms with E-state index < -0.39 is 7.82 Å². The van der Waals surface area contributed by atoms with E-state index in [1.54, 1.807) is 0 Å². The third-order valence-corrected chi connectivity index (χ3v) is 9.05. The van der Waals surface area contributed by atoms with Gasteiger partial charge in [0.15, 0.2) is 0 Å². The van der Waals surface area contributed by atoms with E-state index in [2.05, 4.69) is 25.7 Å². The van der Waals surface area contributed by atoms with Gasteiger partial charge in [-0.3, -0.25) is 9.05 Å². The molecule has 0 aromatic carbocycles. The molecule has 0 radical (unpaired) electrons. The highest BCUT2D eigenvalue weighted by atomic mass is 31.2. The van der Waals surface area contributed by atoms with E-state index in [0.29, 0.717) is 13.2 Å². The van der Waals surface area contributed by atoms with Gasteiger partial charge in [-0.1, -0.05) is 156 Å². The third-order valence-electron chi connectivity index (χ3n) is 8.03. The number of phosphoric acid groups is 1. The van der Waals surface area contributed by atoms with Crippen molar-refractivity contribution in [1.29, 1.82) is 0 Å². The minimum Gasteiger partial charge on any atom is -0.303 e. The molecular formula is C34H72NO4P. The Bertz CT molecular complexity index is 518. The summed E-state index contributed by atoms with van der Waals surface area (Å²) in [5.74, 6) is 0. The normalized spacial score (nSPS) is 13.3. The quantitative estimate of drug-likeness (QED) is 0.0597. The summed E-state index contributed by atoms with van der Waals surface area (Å²) in [6.45, 7) is 11.1. The maximum Gasteiger partial charge on any atom is 0.472 e. The molecule has 0 saturated heterocycles. The van der Waals surface area contributed by atoms with Crippen molar-refractivity contribution >= 4 is 7.82 Å². The number of hydrogen-bond acceptors (Lipinski definition) is 4. The molecule has 1 atom stereocenters. The minimum atomic E-state index is -3.90. The summed E-state index contributed by atoms with van der Waals surface area (Å²) in [4.78, 5) is 12.6. The first-order valence-corrected chi connectivity index (χ1v) is 19.4. The highest BCUT2D eigenvalue weighted by molar-refractivity contribution is 7.47. The third kappa shape index (κ3) is 31.0. The molecule has 0 rings (SSSR count). The van der Waals surface area contributed by atoms with Crippen LogP contribution in [0.25, 0.3) is 0 Å². The molecular weight excluding hydrogens is 517 g/mol. The molecule has 0 amide bonds. The van der Waals surface area contributed by atoms with Gasteiger partial charge in [0.1, 0.15) is 0 Å². The highest BCUT2D eigenvalue weighted by Crippen LogP contribution is 2.43. The van der Waals surface area contributed by atoms with Crippen molar-refractivity contribution < 1.29 is 18.5 Å². The van der Waals surface area contributed by atoms with Gasteiger partial charge in [0.2, 0.25) is 0 Å². The second-order valence-corrected chi connectivity index (χ2v) is 13.6. The van der Waals surface area contributed by atoms with Gasteiger partial charge in [0.05, 0.1) is 13.2 Å². The molecule has 1 N–H and O–H groups in total. The van der Waals surface area contributed by atoms with Crippen LogP contribution in [0.1, 0.15) is 188 Å². The predicted octanol–water partition coefficient (Wildman–Crippen LogP) is 11.6. The standard InChI is InChI=1S/C34H72NO4P/c1-4-7-10-13-16-17-18-19-23-28-33-38-40(36,37)39-34-29-24-22-27-32-35(30-25-20-14-11-8-5-2)31-26-21-15-12-9-6-3/h4-34H2,1-3H3,(H,36,37). The molecule has 0 aromatic heterocycles. The van der Waals surface area contributed by atoms with E-state index in [1.807, 2.05) is 0 Å². The van der Waals surface area contributed by atoms with Gasteiger partial charge in [-0.25, -0.2) is 4.57 Å². The fourth-order valence-corrected chi connectivity index (χ4v) is 6.14. The number of nitrogens with zero attached hydrogens (tertiary/aromatic N) is 1. The van der Waals surface area contributed by atoms with E-state index >= 15 is 0 Å². The number of phosphoric ester groups is 1. The van der Waals surface area contributed by atoms with Crippen LogP contribution in [0.3, 0.4) is 0 Å². The molecule has 0 aliphatic carbocycles. The van der Waals surface area contributed by atoms with Crippen molar-refractivity contribution in [2.24, 2.45) is 0 Å². The van der Waals surface area contributed by atoms with Crippen molar-refractivity contribution in [2.75, 3.05) is 32.8 Å². The van der Waals surface area contributed by atoms with Gasteiger partial charge in [-0.2, -0.15) is 0 Å². The van der Waals surface area contributed by atoms with Crippen LogP contribution < -0.4 is 0 Å². The lowest BCUT2D eigenvalue weighted by Crippen LogP contribution is -2.27. The van der Waals surface area contributed by atoms with Gasteiger partial charge < -0.3 is 9.79 Å². The lowest BCUT2D eigenvalue weighted by Gasteiger charge is -2.22. The smallest absolute Gasteiger partial charge is 0.303 e. The first-order valence-electron chi connectivity index (χ1n) is 17.9. The van der Waals surface area contributed by atoms with Crippen LogP contribution in [-0.2, 0) is 13.6 Å². The van der Waals surface area contributed by atoms with Crippen molar-refractivity contribution in [3.63, 3.8) is 0 Å². The molecule has 1 unspecified atom stereocenters. The van der Waals surface area contributed by atoms with E-state index in [9.17, 15) is 9.46 Å². The molecule has 5 nitrogen and oxygen atoms in total. The molecule has 0 heterocycles. The summed E-state index contributed by atoms with van der Waals surface area (Å²) in [5.41, 5.74) is 0. The summed E-state index contributed by atoms with van der Waals surface area (Å²) in [7, 11) is -3.90. The highest BCUT2D eigenvalue weighted by Gasteiger charge is 2.20. The van der Waals surface area contributed by atoms with E-state index in [4.69, 9.17) is 9.05 Å². The summed E-state index contributed by atoms with van der Waals surface area (Å²) in [5, 5.41) is 0. The zero-order valence-electron chi connectivity index (χ0n) is 27.5. The average molecular weight is 590 g/mol. The maximum atomic E-state index is 12.1. The van der Waals surface area contributed by atoms with Crippen LogP contribution in [0, 0.1) is 0 Å². The fraction of sp³-hybridized carbons (Fsp3) is 1.00. The van der Waals surface area contributed by atoms with Crippen LogP contribution in [0.5, 0.6) is 0 Å². The van der Waals surface area contributed by atoms with Crippen LogP contribution in [-0.4, -0.2) is 42.6 Å². The Morgan fingerprint density at radius 1 is 0.425 bits per heavy atom. The molecule has 0 aliphatic heterocycles. The van der Waals surface area contributed by atoms with E-state index in [1.165, 1.54) is 154 Å². The molecule has 0 aliphatic rings. The molecule has 0 spiro atoms. The van der Waals surface area contributed by atoms with E-state index in [-0.39, 0.29) is 0 Å². The Morgan fingerprint density at radius 2 is 0.675 bits per heavy atom. The Kier molecular flexibility index (Phi) is 32.0. The summed E-state index contributed by atoms with van der Waals surface area (Å²) in [6, 6.07) is 0. The molecule has 0 bridgehead atoms. The van der Waals surface area contributed by atoms with Gasteiger partial charge >= 0.3 is 7.82 Å². The van der Waals surface area contributed by atoms with Gasteiger partial charge in [0, 0.05) is 0 Å². The summed E-state index contributed by atoms with van der Waals surface area (Å²) < 4.78 is 22.5. The molecule has 0 fully saturated rings. The van der Waals surface area contributed by atoms with Gasteiger partial charge in [0.25, 0.3) is 0 Å². The second-order valence-electron chi connectivity index (χ2n) is 12.1. The molecule has 0 saturated carbocycles. The Hall–Kier alpha value is 0.0700. The average Bonchev–Trinajstić information content (AvgIpc) is 2.94. The van der Waals surface area contributed by atoms with Crippen molar-refractivity contribution in [3.05, 3.63) is 0 Å². The number of hydrogen-bond donors (Lipinski definition) is 1. The monoisotopic (exact) mass is 590 g/mol. The van der Waals surface area contributed by atoms with Gasteiger partial charge in [-0.05, 0) is 51.7 Å². The largest absolute Gasteiger partial charge is 0.472 e. The predicted molar refractivity (Wildman–Crippen MR) is 175 cm³/mol. The first-order chi connectivity index (χ1) is 19.6. The second kappa shape index (κ2) is 32.0. The van der Waals surface area contributed by atoms with Crippen molar-refractivity contribution in [1.82, 2.24) is 4.90 Å². The SMILES string of the molecule is CCCCCCCCCCCCOP(=O)(O)OCCCCCCN(CCCCCCCC)CCCCCCCC. The van der Waals surface area contributed by atoms with Crippen molar-refractivity contribution in [2.45, 2.75) is 188 Å². The maximum absolute atomic E-state index is 12.1. The van der Waals surface area contributed by atoms with Crippen LogP contribution in [0.15, 0.2) is 0 Å². The minimum absolute atomic E-state index is 0.311. The summed E-state index contributed by atoms with van der Waals surface area (Å²) in [6.07, 6.45) is 32.9. The Morgan fingerprint density at radius 3 is 0.975 bits per heavy atom. The topological polar surface area (TPSA) is 59.0 Å². The molecule has 242 valence electrons. The number of rotatable bonds is 34. The van der Waals surface area contributed by atoms with E-state index in [0.717, 1.165) is 32.1 Å². The zero-order valence-corrected chi connectivity index (χ0v) is 28.4. The van der Waals surface area contributed by atoms with Gasteiger partial charge in [-0.15, -0.1) is 0 Å². The zero-order chi connectivity index (χ0) is 29.4. The Balaban J connectivity index is 3.83. The lowest BCUT2D eigenvalue weighted by atomic mass is 10.1.